The third-order valence-corrected chi connectivity index (χ3v) is 7.40. The van der Waals surface area contributed by atoms with Crippen molar-refractivity contribution in [3.8, 4) is 0 Å². The first kappa shape index (κ1) is 18.7. The van der Waals surface area contributed by atoms with Crippen LogP contribution in [0.3, 0.4) is 0 Å². The average molecular weight is 365 g/mol. The van der Waals surface area contributed by atoms with Crippen LogP contribution in [0.1, 0.15) is 75.3 Å². The Labute approximate surface area is 163 Å². The second-order valence-electron chi connectivity index (χ2n) is 9.00. The zero-order valence-electron chi connectivity index (χ0n) is 16.7. The molecule has 4 rings (SSSR count). The number of benzene rings is 2. The molecule has 0 spiro atoms. The topological polar surface area (TPSA) is 0 Å². The fourth-order valence-electron chi connectivity index (χ4n) is 5.72. The molecule has 0 bridgehead atoms. The Balaban J connectivity index is 1.52. The molecular weight excluding hydrogens is 331 g/mol. The van der Waals surface area contributed by atoms with Crippen LogP contribution in [-0.2, 0) is 6.42 Å². The van der Waals surface area contributed by atoms with Crippen molar-refractivity contribution < 1.29 is 4.39 Å². The van der Waals surface area contributed by atoms with E-state index in [1.54, 1.807) is 6.07 Å². The highest BCUT2D eigenvalue weighted by atomic mass is 19.1. The van der Waals surface area contributed by atoms with Gasteiger partial charge < -0.3 is 0 Å². The summed E-state index contributed by atoms with van der Waals surface area (Å²) < 4.78 is 14.7. The van der Waals surface area contributed by atoms with E-state index in [1.165, 1.54) is 50.5 Å². The fourth-order valence-corrected chi connectivity index (χ4v) is 5.72. The molecule has 0 nitrogen and oxygen atoms in total. The van der Waals surface area contributed by atoms with Gasteiger partial charge in [-0.25, -0.2) is 4.39 Å². The maximum atomic E-state index is 14.7. The van der Waals surface area contributed by atoms with E-state index in [-0.39, 0.29) is 5.82 Å². The molecule has 27 heavy (non-hydrogen) atoms. The van der Waals surface area contributed by atoms with Crippen LogP contribution < -0.4 is 0 Å². The number of fused-ring (bicyclic) bond motifs is 2. The summed E-state index contributed by atoms with van der Waals surface area (Å²) in [6.07, 6.45) is 13.3. The Kier molecular flexibility index (Phi) is 5.66. The zero-order valence-corrected chi connectivity index (χ0v) is 16.7. The summed E-state index contributed by atoms with van der Waals surface area (Å²) >= 11 is 0. The van der Waals surface area contributed by atoms with Gasteiger partial charge >= 0.3 is 0 Å². The molecule has 0 saturated heterocycles. The van der Waals surface area contributed by atoms with Gasteiger partial charge in [-0.05, 0) is 97.3 Å². The quantitative estimate of drug-likeness (QED) is 0.475. The van der Waals surface area contributed by atoms with Gasteiger partial charge in [0, 0.05) is 5.39 Å². The molecular formula is C26H33F. The third-order valence-electron chi connectivity index (χ3n) is 7.40. The van der Waals surface area contributed by atoms with E-state index in [1.807, 2.05) is 6.08 Å². The van der Waals surface area contributed by atoms with Crippen LogP contribution in [0.15, 0.2) is 43.0 Å². The summed E-state index contributed by atoms with van der Waals surface area (Å²) in [7, 11) is 0. The molecule has 2 fully saturated rings. The first-order valence-corrected chi connectivity index (χ1v) is 11.0. The maximum Gasteiger partial charge on any atom is 0.131 e. The minimum absolute atomic E-state index is 0.0643. The van der Waals surface area contributed by atoms with Gasteiger partial charge in [0.2, 0.25) is 0 Å². The number of aryl methyl sites for hydroxylation is 1. The lowest BCUT2D eigenvalue weighted by Gasteiger charge is -2.42. The minimum Gasteiger partial charge on any atom is -0.206 e. The number of halogens is 1. The molecule has 0 amide bonds. The second-order valence-corrected chi connectivity index (χ2v) is 9.00. The number of allylic oxidation sites excluding steroid dienone is 1. The molecule has 4 unspecified atom stereocenters. The molecule has 2 aliphatic rings. The molecule has 0 heterocycles. The van der Waals surface area contributed by atoms with Gasteiger partial charge in [0.15, 0.2) is 0 Å². The van der Waals surface area contributed by atoms with Gasteiger partial charge in [-0.3, -0.25) is 0 Å². The van der Waals surface area contributed by atoms with Crippen molar-refractivity contribution in [1.82, 2.24) is 0 Å². The molecule has 0 radical (unpaired) electrons. The van der Waals surface area contributed by atoms with Crippen LogP contribution in [0.5, 0.6) is 0 Å². The summed E-state index contributed by atoms with van der Waals surface area (Å²) in [6, 6.07) is 10.4. The van der Waals surface area contributed by atoms with Crippen molar-refractivity contribution in [1.29, 1.82) is 0 Å². The van der Waals surface area contributed by atoms with Gasteiger partial charge in [-0.2, -0.15) is 0 Å². The summed E-state index contributed by atoms with van der Waals surface area (Å²) in [4.78, 5) is 0. The van der Waals surface area contributed by atoms with E-state index in [4.69, 9.17) is 0 Å². The van der Waals surface area contributed by atoms with Crippen molar-refractivity contribution in [3.63, 3.8) is 0 Å². The second kappa shape index (κ2) is 8.17. The summed E-state index contributed by atoms with van der Waals surface area (Å²) in [5, 5.41) is 1.83. The fraction of sp³-hybridized carbons (Fsp3) is 0.538. The molecule has 144 valence electrons. The van der Waals surface area contributed by atoms with E-state index >= 15 is 0 Å². The van der Waals surface area contributed by atoms with Crippen LogP contribution in [0, 0.1) is 23.6 Å². The van der Waals surface area contributed by atoms with Gasteiger partial charge in [-0.1, -0.05) is 44.0 Å². The van der Waals surface area contributed by atoms with Gasteiger partial charge in [-0.15, -0.1) is 6.58 Å². The lowest BCUT2D eigenvalue weighted by atomic mass is 9.63. The lowest BCUT2D eigenvalue weighted by Crippen LogP contribution is -2.30. The van der Waals surface area contributed by atoms with Crippen molar-refractivity contribution >= 4 is 10.8 Å². The highest BCUT2D eigenvalue weighted by Gasteiger charge is 2.35. The monoisotopic (exact) mass is 364 g/mol. The van der Waals surface area contributed by atoms with Crippen LogP contribution >= 0.6 is 0 Å². The van der Waals surface area contributed by atoms with Crippen molar-refractivity contribution in [2.75, 3.05) is 0 Å². The highest BCUT2D eigenvalue weighted by molar-refractivity contribution is 5.84. The normalized spacial score (nSPS) is 28.1. The Hall–Kier alpha value is -1.63. The summed E-state index contributed by atoms with van der Waals surface area (Å²) in [6.45, 7) is 6.12. The highest BCUT2D eigenvalue weighted by Crippen LogP contribution is 2.48. The SMILES string of the molecule is C=CCCc1cc(F)c2cc(C3CCC4CC(CC)CCC4C3)ccc2c1. The van der Waals surface area contributed by atoms with Crippen LogP contribution in [-0.4, -0.2) is 0 Å². The molecule has 2 aromatic rings. The van der Waals surface area contributed by atoms with E-state index in [9.17, 15) is 4.39 Å². The zero-order chi connectivity index (χ0) is 18.8. The first-order chi connectivity index (χ1) is 13.2. The Morgan fingerprint density at radius 2 is 1.85 bits per heavy atom. The smallest absolute Gasteiger partial charge is 0.131 e. The summed E-state index contributed by atoms with van der Waals surface area (Å²) in [5.74, 6) is 3.37. The van der Waals surface area contributed by atoms with Gasteiger partial charge in [0.1, 0.15) is 5.82 Å². The summed E-state index contributed by atoms with van der Waals surface area (Å²) in [5.41, 5.74) is 2.43. The molecule has 2 saturated carbocycles. The lowest BCUT2D eigenvalue weighted by molar-refractivity contribution is 0.116. The van der Waals surface area contributed by atoms with Crippen molar-refractivity contribution in [2.24, 2.45) is 17.8 Å². The van der Waals surface area contributed by atoms with Gasteiger partial charge in [0.25, 0.3) is 0 Å². The Bertz CT molecular complexity index is 805. The predicted octanol–water partition coefficient (Wildman–Crippen LogP) is 7.81. The van der Waals surface area contributed by atoms with E-state index in [2.05, 4.69) is 37.8 Å². The van der Waals surface area contributed by atoms with E-state index in [0.717, 1.165) is 46.9 Å². The number of rotatable bonds is 5. The molecule has 0 aliphatic heterocycles. The van der Waals surface area contributed by atoms with Crippen molar-refractivity contribution in [3.05, 3.63) is 59.9 Å². The number of hydrogen-bond donors (Lipinski definition) is 0. The van der Waals surface area contributed by atoms with Crippen LogP contribution in [0.4, 0.5) is 4.39 Å². The molecule has 2 aromatic carbocycles. The molecule has 4 atom stereocenters. The number of hydrogen-bond acceptors (Lipinski definition) is 0. The van der Waals surface area contributed by atoms with Crippen molar-refractivity contribution in [2.45, 2.75) is 70.6 Å². The van der Waals surface area contributed by atoms with Gasteiger partial charge in [0.05, 0.1) is 0 Å². The maximum absolute atomic E-state index is 14.7. The molecule has 2 aliphatic carbocycles. The Morgan fingerprint density at radius 3 is 2.67 bits per heavy atom. The average Bonchev–Trinajstić information content (AvgIpc) is 2.71. The van der Waals surface area contributed by atoms with E-state index in [0.29, 0.717) is 5.92 Å². The van der Waals surface area contributed by atoms with Crippen LogP contribution in [0.25, 0.3) is 10.8 Å². The first-order valence-electron chi connectivity index (χ1n) is 11.0. The minimum atomic E-state index is -0.0643. The van der Waals surface area contributed by atoms with E-state index < -0.39 is 0 Å². The molecule has 0 aromatic heterocycles. The molecule has 1 heteroatoms. The van der Waals surface area contributed by atoms with Crippen LogP contribution in [0.2, 0.25) is 0 Å². The predicted molar refractivity (Wildman–Crippen MR) is 114 cm³/mol. The Morgan fingerprint density at radius 1 is 1.04 bits per heavy atom. The third kappa shape index (κ3) is 3.98. The largest absolute Gasteiger partial charge is 0.206 e. The molecule has 0 N–H and O–H groups in total. The standard InChI is InChI=1S/C26H33F/c1-3-5-6-19-14-24-12-11-23(17-25(24)26(27)15-19)22-10-9-20-13-18(4-2)7-8-21(20)16-22/h3,11-12,14-15,17-18,20-22H,1,4-10,13,16H2,2H3.